The number of hydrogen-bond acceptors (Lipinski definition) is 5. The summed E-state index contributed by atoms with van der Waals surface area (Å²) in [7, 11) is 1.70. The number of benzene rings is 1. The Morgan fingerprint density at radius 3 is 2.80 bits per heavy atom. The molecule has 1 fully saturated rings. The van der Waals surface area contributed by atoms with E-state index in [1.165, 1.54) is 18.2 Å². The number of carbonyl (C=O) groups excluding carboxylic acids is 1. The van der Waals surface area contributed by atoms with Crippen molar-refractivity contribution in [1.29, 1.82) is 0 Å². The smallest absolute Gasteiger partial charge is 0.311 e. The molecule has 1 saturated carbocycles. The lowest BCUT2D eigenvalue weighted by molar-refractivity contribution is -0.385. The molecule has 0 aromatic heterocycles. The van der Waals surface area contributed by atoms with E-state index in [1.807, 2.05) is 0 Å². The molecule has 20 heavy (non-hydrogen) atoms. The molecule has 0 spiro atoms. The molecule has 0 atom stereocenters. The van der Waals surface area contributed by atoms with Crippen molar-refractivity contribution in [3.05, 3.63) is 33.9 Å². The molecule has 0 aliphatic heterocycles. The Bertz CT molecular complexity index is 527. The summed E-state index contributed by atoms with van der Waals surface area (Å²) in [6, 6.07) is 4.44. The van der Waals surface area contributed by atoms with E-state index in [9.17, 15) is 14.9 Å². The zero-order valence-corrected chi connectivity index (χ0v) is 11.1. The summed E-state index contributed by atoms with van der Waals surface area (Å²) in [5.74, 6) is -0.169. The van der Waals surface area contributed by atoms with Gasteiger partial charge >= 0.3 is 5.69 Å². The van der Waals surface area contributed by atoms with Gasteiger partial charge in [-0.25, -0.2) is 0 Å². The lowest BCUT2D eigenvalue weighted by atomic mass is 10.2. The summed E-state index contributed by atoms with van der Waals surface area (Å²) in [5, 5.41) is 19.9. The van der Waals surface area contributed by atoms with Gasteiger partial charge < -0.3 is 14.7 Å². The second-order valence-corrected chi connectivity index (χ2v) is 4.74. The molecule has 0 bridgehead atoms. The third-order valence-corrected chi connectivity index (χ3v) is 3.24. The van der Waals surface area contributed by atoms with Crippen LogP contribution in [0.4, 0.5) is 5.69 Å². The van der Waals surface area contributed by atoms with E-state index in [-0.39, 0.29) is 36.6 Å². The van der Waals surface area contributed by atoms with E-state index in [4.69, 9.17) is 9.84 Å². The number of hydrogen-bond donors (Lipinski definition) is 1. The van der Waals surface area contributed by atoms with Gasteiger partial charge in [-0.1, -0.05) is 6.07 Å². The van der Waals surface area contributed by atoms with Crippen LogP contribution in [0.3, 0.4) is 0 Å². The van der Waals surface area contributed by atoms with Crippen LogP contribution in [0, 0.1) is 10.1 Å². The first-order valence-electron chi connectivity index (χ1n) is 6.29. The maximum absolute atomic E-state index is 11.8. The average molecular weight is 280 g/mol. The number of nitrogens with zero attached hydrogens (tertiary/aromatic N) is 2. The van der Waals surface area contributed by atoms with Crippen LogP contribution in [0.2, 0.25) is 0 Å². The predicted molar refractivity (Wildman–Crippen MR) is 70.3 cm³/mol. The standard InChI is InChI=1S/C13H16N2O5/c1-14(10-3-4-10)13(17)8-20-12-5-2-9(7-16)6-11(12)15(18)19/h2,5-6,10,16H,3-4,7-8H2,1H3. The molecule has 0 heterocycles. The summed E-state index contributed by atoms with van der Waals surface area (Å²) in [5.41, 5.74) is 0.170. The van der Waals surface area contributed by atoms with Crippen molar-refractivity contribution in [2.45, 2.75) is 25.5 Å². The average Bonchev–Trinajstić information content (AvgIpc) is 3.28. The Hall–Kier alpha value is -2.15. The van der Waals surface area contributed by atoms with Gasteiger partial charge in [0.15, 0.2) is 12.4 Å². The molecule has 0 radical (unpaired) electrons. The molecule has 108 valence electrons. The van der Waals surface area contributed by atoms with E-state index in [1.54, 1.807) is 11.9 Å². The first kappa shape index (κ1) is 14.3. The quantitative estimate of drug-likeness (QED) is 0.622. The minimum absolute atomic E-state index is 0.0322. The number of nitro groups is 1. The molecule has 1 aliphatic carbocycles. The number of likely N-dealkylation sites (N-methyl/N-ethyl adjacent to an activating group) is 1. The van der Waals surface area contributed by atoms with Crippen molar-refractivity contribution in [2.75, 3.05) is 13.7 Å². The van der Waals surface area contributed by atoms with Gasteiger partial charge in [0, 0.05) is 19.2 Å². The summed E-state index contributed by atoms with van der Waals surface area (Å²) >= 11 is 0. The molecule has 0 saturated heterocycles. The lowest BCUT2D eigenvalue weighted by Crippen LogP contribution is -2.33. The second kappa shape index (κ2) is 5.87. The molecule has 1 amide bonds. The third kappa shape index (κ3) is 3.24. The number of ether oxygens (including phenoxy) is 1. The van der Waals surface area contributed by atoms with Crippen molar-refractivity contribution in [3.8, 4) is 5.75 Å². The van der Waals surface area contributed by atoms with Crippen molar-refractivity contribution >= 4 is 11.6 Å². The number of carbonyl (C=O) groups is 1. The normalized spacial score (nSPS) is 13.9. The van der Waals surface area contributed by atoms with E-state index >= 15 is 0 Å². The Labute approximate surface area is 115 Å². The van der Waals surface area contributed by atoms with Gasteiger partial charge in [0.1, 0.15) is 0 Å². The molecule has 1 aliphatic rings. The molecule has 1 aromatic carbocycles. The molecular weight excluding hydrogens is 264 g/mol. The van der Waals surface area contributed by atoms with Crippen LogP contribution in [-0.2, 0) is 11.4 Å². The minimum Gasteiger partial charge on any atom is -0.477 e. The maximum Gasteiger partial charge on any atom is 0.311 e. The number of aliphatic hydroxyl groups is 1. The van der Waals surface area contributed by atoms with Crippen molar-refractivity contribution < 1.29 is 19.6 Å². The van der Waals surface area contributed by atoms with Gasteiger partial charge in [-0.15, -0.1) is 0 Å². The molecule has 7 nitrogen and oxygen atoms in total. The summed E-state index contributed by atoms with van der Waals surface area (Å²) in [4.78, 5) is 23.7. The molecule has 2 rings (SSSR count). The van der Waals surface area contributed by atoms with Crippen molar-refractivity contribution in [3.63, 3.8) is 0 Å². The third-order valence-electron chi connectivity index (χ3n) is 3.24. The highest BCUT2D eigenvalue weighted by Crippen LogP contribution is 2.29. The van der Waals surface area contributed by atoms with Gasteiger partial charge in [-0.3, -0.25) is 14.9 Å². The van der Waals surface area contributed by atoms with Gasteiger partial charge in [0.05, 0.1) is 11.5 Å². The topological polar surface area (TPSA) is 92.9 Å². The Morgan fingerprint density at radius 2 is 2.25 bits per heavy atom. The number of nitro benzene ring substituents is 1. The number of rotatable bonds is 6. The van der Waals surface area contributed by atoms with Crippen molar-refractivity contribution in [2.24, 2.45) is 0 Å². The highest BCUT2D eigenvalue weighted by Gasteiger charge is 2.30. The van der Waals surface area contributed by atoms with Crippen LogP contribution in [0.15, 0.2) is 18.2 Å². The van der Waals surface area contributed by atoms with E-state index < -0.39 is 4.92 Å². The number of aliphatic hydroxyl groups excluding tert-OH is 1. The molecule has 1 N–H and O–H groups in total. The predicted octanol–water partition coefficient (Wildman–Crippen LogP) is 1.09. The van der Waals surface area contributed by atoms with Crippen LogP contribution in [-0.4, -0.2) is 40.5 Å². The number of amides is 1. The van der Waals surface area contributed by atoms with Gasteiger partial charge in [0.2, 0.25) is 0 Å². The van der Waals surface area contributed by atoms with Gasteiger partial charge in [-0.2, -0.15) is 0 Å². The van der Waals surface area contributed by atoms with Gasteiger partial charge in [0.25, 0.3) is 5.91 Å². The Morgan fingerprint density at radius 1 is 1.55 bits per heavy atom. The summed E-state index contributed by atoms with van der Waals surface area (Å²) in [6.45, 7) is -0.517. The second-order valence-electron chi connectivity index (χ2n) is 4.74. The highest BCUT2D eigenvalue weighted by molar-refractivity contribution is 5.78. The fourth-order valence-electron chi connectivity index (χ4n) is 1.83. The van der Waals surface area contributed by atoms with Crippen LogP contribution in [0.1, 0.15) is 18.4 Å². The maximum atomic E-state index is 11.8. The Kier molecular flexibility index (Phi) is 4.19. The zero-order valence-electron chi connectivity index (χ0n) is 11.1. The van der Waals surface area contributed by atoms with E-state index in [2.05, 4.69) is 0 Å². The zero-order chi connectivity index (χ0) is 14.7. The highest BCUT2D eigenvalue weighted by atomic mass is 16.6. The van der Waals surface area contributed by atoms with Crippen LogP contribution in [0.5, 0.6) is 5.75 Å². The molecule has 1 aromatic rings. The van der Waals surface area contributed by atoms with Crippen LogP contribution >= 0.6 is 0 Å². The molecule has 0 unspecified atom stereocenters. The first-order chi connectivity index (χ1) is 9.52. The SMILES string of the molecule is CN(C(=O)COc1ccc(CO)cc1[N+](=O)[O-])C1CC1. The van der Waals surface area contributed by atoms with Crippen LogP contribution in [0.25, 0.3) is 0 Å². The van der Waals surface area contributed by atoms with E-state index in [0.717, 1.165) is 12.8 Å². The van der Waals surface area contributed by atoms with Crippen molar-refractivity contribution in [1.82, 2.24) is 4.90 Å². The Balaban J connectivity index is 2.04. The fourth-order valence-corrected chi connectivity index (χ4v) is 1.83. The fraction of sp³-hybridized carbons (Fsp3) is 0.462. The minimum atomic E-state index is -0.594. The lowest BCUT2D eigenvalue weighted by Gasteiger charge is -2.16. The largest absolute Gasteiger partial charge is 0.477 e. The molecular formula is C13H16N2O5. The van der Waals surface area contributed by atoms with E-state index in [0.29, 0.717) is 5.56 Å². The van der Waals surface area contributed by atoms with Crippen LogP contribution < -0.4 is 4.74 Å². The summed E-state index contributed by atoms with van der Waals surface area (Å²) in [6.07, 6.45) is 1.99. The first-order valence-corrected chi connectivity index (χ1v) is 6.29. The summed E-state index contributed by atoms with van der Waals surface area (Å²) < 4.78 is 5.24. The monoisotopic (exact) mass is 280 g/mol. The van der Waals surface area contributed by atoms with Gasteiger partial charge in [-0.05, 0) is 24.5 Å². The molecule has 7 heteroatoms.